The van der Waals surface area contributed by atoms with Gasteiger partial charge in [0.25, 0.3) is 5.91 Å². The second kappa shape index (κ2) is 8.83. The molecule has 3 aromatic carbocycles. The van der Waals surface area contributed by atoms with Crippen LogP contribution in [0.1, 0.15) is 16.8 Å². The van der Waals surface area contributed by atoms with Crippen LogP contribution in [0.4, 0.5) is 0 Å². The molecular formula is C24H26N4O3. The van der Waals surface area contributed by atoms with Gasteiger partial charge in [-0.3, -0.25) is 4.79 Å². The molecule has 0 fully saturated rings. The molecule has 0 radical (unpaired) electrons. The van der Waals surface area contributed by atoms with Crippen molar-refractivity contribution in [3.8, 4) is 5.75 Å². The number of nitrogens with one attached hydrogen (secondary N) is 1. The summed E-state index contributed by atoms with van der Waals surface area (Å²) in [5.74, 6) is 0.542. The number of carbonyl (C=O) groups is 1. The number of aliphatic hydroxyl groups excluding tert-OH is 1. The molecule has 160 valence electrons. The first kappa shape index (κ1) is 21.0. The maximum absolute atomic E-state index is 13.1. The zero-order valence-electron chi connectivity index (χ0n) is 17.9. The Hall–Kier alpha value is -3.29. The summed E-state index contributed by atoms with van der Waals surface area (Å²) in [4.78, 5) is 24.7. The maximum atomic E-state index is 13.1. The summed E-state index contributed by atoms with van der Waals surface area (Å²) >= 11 is 0. The highest BCUT2D eigenvalue weighted by Crippen LogP contribution is 2.31. The smallest absolute Gasteiger partial charge is 0.253 e. The summed E-state index contributed by atoms with van der Waals surface area (Å²) in [6.45, 7) is 0.642. The Morgan fingerprint density at radius 1 is 1.03 bits per heavy atom. The van der Waals surface area contributed by atoms with E-state index in [2.05, 4.69) is 5.32 Å². The molecular weight excluding hydrogens is 392 g/mol. The van der Waals surface area contributed by atoms with E-state index >= 15 is 0 Å². The molecule has 4 aromatic rings. The fourth-order valence-corrected chi connectivity index (χ4v) is 3.92. The van der Waals surface area contributed by atoms with Crippen LogP contribution in [0, 0.1) is 0 Å². The number of para-hydroxylation sites is 1. The minimum atomic E-state index is -0.225. The molecule has 1 heterocycles. The molecule has 0 spiro atoms. The number of rotatable bonds is 7. The molecule has 2 N–H and O–H groups in total. The van der Waals surface area contributed by atoms with Crippen LogP contribution in [0.2, 0.25) is 0 Å². The van der Waals surface area contributed by atoms with Gasteiger partial charge in [0.15, 0.2) is 0 Å². The molecule has 0 bridgehead atoms. The van der Waals surface area contributed by atoms with Gasteiger partial charge in [0.05, 0.1) is 29.2 Å². The fourth-order valence-electron chi connectivity index (χ4n) is 3.92. The Morgan fingerprint density at radius 3 is 2.55 bits per heavy atom. The van der Waals surface area contributed by atoms with Crippen LogP contribution in [-0.4, -0.2) is 66.3 Å². The second-order valence-electron chi connectivity index (χ2n) is 7.83. The molecule has 0 aliphatic rings. The van der Waals surface area contributed by atoms with Crippen molar-refractivity contribution in [3.05, 3.63) is 54.1 Å². The first-order chi connectivity index (χ1) is 15.0. The first-order valence-electron chi connectivity index (χ1n) is 10.2. The molecule has 1 amide bonds. The number of likely N-dealkylation sites (N-methyl/N-ethyl adjacent to an activating group) is 1. The quantitative estimate of drug-likeness (QED) is 0.354. The third-order valence-electron chi connectivity index (χ3n) is 5.31. The maximum Gasteiger partial charge on any atom is 0.253 e. The lowest BCUT2D eigenvalue weighted by Gasteiger charge is -2.22. The summed E-state index contributed by atoms with van der Waals surface area (Å²) in [6, 6.07) is 15.0. The molecule has 7 nitrogen and oxygen atoms in total. The van der Waals surface area contributed by atoms with Gasteiger partial charge in [0.2, 0.25) is 0 Å². The number of fused-ring (bicyclic) bond motifs is 4. The summed E-state index contributed by atoms with van der Waals surface area (Å²) in [7, 11) is 5.51. The predicted octanol–water partition coefficient (Wildman–Crippen LogP) is 2.99. The van der Waals surface area contributed by atoms with Gasteiger partial charge < -0.3 is 20.1 Å². The largest absolute Gasteiger partial charge is 0.496 e. The number of amides is 1. The van der Waals surface area contributed by atoms with Crippen LogP contribution >= 0.6 is 0 Å². The van der Waals surface area contributed by atoms with E-state index in [1.807, 2.05) is 61.5 Å². The van der Waals surface area contributed by atoms with Crippen LogP contribution in [0.15, 0.2) is 48.5 Å². The Kier molecular flexibility index (Phi) is 5.97. The van der Waals surface area contributed by atoms with Crippen molar-refractivity contribution in [2.24, 2.45) is 0 Å². The number of hydrogen-bond donors (Lipinski definition) is 2. The van der Waals surface area contributed by atoms with Gasteiger partial charge in [0, 0.05) is 30.0 Å². The lowest BCUT2D eigenvalue weighted by molar-refractivity contribution is 0.0923. The van der Waals surface area contributed by atoms with E-state index in [0.29, 0.717) is 29.6 Å². The Balaban J connectivity index is 1.83. The van der Waals surface area contributed by atoms with Crippen molar-refractivity contribution in [2.45, 2.75) is 12.5 Å². The summed E-state index contributed by atoms with van der Waals surface area (Å²) in [6.07, 6.45) is 0.480. The highest BCUT2D eigenvalue weighted by atomic mass is 16.5. The molecule has 31 heavy (non-hydrogen) atoms. The van der Waals surface area contributed by atoms with E-state index in [9.17, 15) is 9.90 Å². The van der Waals surface area contributed by atoms with Crippen molar-refractivity contribution < 1.29 is 14.6 Å². The number of ether oxygens (including phenoxy) is 1. The SMILES string of the molecule is COc1cccc2c1ccc1nc3cccc(C(=O)NC(CCO)CN(C)C)c3nc12. The van der Waals surface area contributed by atoms with Gasteiger partial charge in [-0.15, -0.1) is 0 Å². The number of aromatic nitrogens is 2. The number of hydrogen-bond acceptors (Lipinski definition) is 6. The fraction of sp³-hybridized carbons (Fsp3) is 0.292. The van der Waals surface area contributed by atoms with Gasteiger partial charge >= 0.3 is 0 Å². The third-order valence-corrected chi connectivity index (χ3v) is 5.31. The van der Waals surface area contributed by atoms with Crippen LogP contribution in [0.3, 0.4) is 0 Å². The zero-order chi connectivity index (χ0) is 22.0. The summed E-state index contributed by atoms with van der Waals surface area (Å²) in [5.41, 5.74) is 3.17. The normalized spacial score (nSPS) is 12.5. The third kappa shape index (κ3) is 4.15. The number of aliphatic hydroxyl groups is 1. The van der Waals surface area contributed by atoms with Crippen LogP contribution in [-0.2, 0) is 0 Å². The van der Waals surface area contributed by atoms with E-state index in [-0.39, 0.29) is 18.6 Å². The molecule has 0 saturated carbocycles. The van der Waals surface area contributed by atoms with Crippen molar-refractivity contribution in [1.82, 2.24) is 20.2 Å². The molecule has 7 heteroatoms. The lowest BCUT2D eigenvalue weighted by Crippen LogP contribution is -2.42. The lowest BCUT2D eigenvalue weighted by atomic mass is 10.1. The highest BCUT2D eigenvalue weighted by molar-refractivity contribution is 6.11. The van der Waals surface area contributed by atoms with Gasteiger partial charge in [-0.2, -0.15) is 0 Å². The monoisotopic (exact) mass is 418 g/mol. The van der Waals surface area contributed by atoms with Gasteiger partial charge in [-0.25, -0.2) is 9.97 Å². The number of carbonyl (C=O) groups excluding carboxylic acids is 1. The van der Waals surface area contributed by atoms with Crippen molar-refractivity contribution in [2.75, 3.05) is 34.4 Å². The standard InChI is InChI=1S/C24H26N4O3/c1-28(2)14-15(12-13-29)25-24(30)18-7-4-8-19-23(18)27-22-17-6-5-9-21(31-3)16(17)10-11-20(22)26-19/h4-11,15,29H,12-14H2,1-3H3,(H,25,30). The second-order valence-corrected chi connectivity index (χ2v) is 7.83. The van der Waals surface area contributed by atoms with E-state index in [0.717, 1.165) is 27.6 Å². The number of benzene rings is 3. The van der Waals surface area contributed by atoms with Gasteiger partial charge in [-0.1, -0.05) is 18.2 Å². The van der Waals surface area contributed by atoms with Crippen LogP contribution in [0.5, 0.6) is 5.75 Å². The Morgan fingerprint density at radius 2 is 1.81 bits per heavy atom. The van der Waals surface area contributed by atoms with E-state index < -0.39 is 0 Å². The van der Waals surface area contributed by atoms with E-state index in [1.165, 1.54) is 0 Å². The first-order valence-corrected chi connectivity index (χ1v) is 10.2. The van der Waals surface area contributed by atoms with E-state index in [4.69, 9.17) is 14.7 Å². The summed E-state index contributed by atoms with van der Waals surface area (Å²) in [5, 5.41) is 14.3. The number of methoxy groups -OCH3 is 1. The van der Waals surface area contributed by atoms with Crippen molar-refractivity contribution >= 4 is 38.7 Å². The van der Waals surface area contributed by atoms with Crippen LogP contribution in [0.25, 0.3) is 32.8 Å². The highest BCUT2D eigenvalue weighted by Gasteiger charge is 2.18. The van der Waals surface area contributed by atoms with Crippen molar-refractivity contribution in [1.29, 1.82) is 0 Å². The average Bonchev–Trinajstić information content (AvgIpc) is 2.76. The molecule has 1 aromatic heterocycles. The molecule has 0 aliphatic heterocycles. The summed E-state index contributed by atoms with van der Waals surface area (Å²) < 4.78 is 5.49. The van der Waals surface area contributed by atoms with Crippen molar-refractivity contribution in [3.63, 3.8) is 0 Å². The molecule has 0 aliphatic carbocycles. The molecule has 1 atom stereocenters. The molecule has 4 rings (SSSR count). The van der Waals surface area contributed by atoms with E-state index in [1.54, 1.807) is 13.2 Å². The Labute approximate surface area is 180 Å². The topological polar surface area (TPSA) is 87.6 Å². The predicted molar refractivity (Wildman–Crippen MR) is 123 cm³/mol. The molecule has 1 unspecified atom stereocenters. The minimum Gasteiger partial charge on any atom is -0.496 e. The zero-order valence-corrected chi connectivity index (χ0v) is 17.9. The van der Waals surface area contributed by atoms with Crippen LogP contribution < -0.4 is 10.1 Å². The minimum absolute atomic E-state index is 0.00654. The number of nitrogens with zero attached hydrogens (tertiary/aromatic N) is 3. The Bertz CT molecular complexity index is 1260. The average molecular weight is 418 g/mol. The molecule has 0 saturated heterocycles. The van der Waals surface area contributed by atoms with Gasteiger partial charge in [-0.05, 0) is 50.8 Å². The van der Waals surface area contributed by atoms with Gasteiger partial charge in [0.1, 0.15) is 11.3 Å².